The maximum absolute atomic E-state index is 11.3. The summed E-state index contributed by atoms with van der Waals surface area (Å²) in [6.07, 6.45) is -2.70. The van der Waals surface area contributed by atoms with Crippen molar-refractivity contribution in [2.45, 2.75) is 38.4 Å². The molecule has 37 heavy (non-hydrogen) atoms. The van der Waals surface area contributed by atoms with Crippen LogP contribution in [0.2, 0.25) is 0 Å². The number of pyridine rings is 1. The van der Waals surface area contributed by atoms with Crippen LogP contribution in [0, 0.1) is 0 Å². The second kappa shape index (κ2) is 13.3. The molecule has 0 saturated heterocycles. The first kappa shape index (κ1) is 31.8. The third kappa shape index (κ3) is 12.5. The number of sulfonamides is 1. The topological polar surface area (TPSA) is 155 Å². The van der Waals surface area contributed by atoms with Gasteiger partial charge in [-0.2, -0.15) is 26.3 Å². The van der Waals surface area contributed by atoms with Gasteiger partial charge in [0.2, 0.25) is 10.0 Å². The predicted molar refractivity (Wildman–Crippen MR) is 115 cm³/mol. The van der Waals surface area contributed by atoms with Gasteiger partial charge in [0.15, 0.2) is 0 Å². The highest BCUT2D eigenvalue weighted by Gasteiger charge is 2.38. The Morgan fingerprint density at radius 1 is 1.03 bits per heavy atom. The molecular weight excluding hydrogens is 540 g/mol. The third-order valence-electron chi connectivity index (χ3n) is 4.44. The molecular formula is C19H23F6N5O6S. The largest absolute Gasteiger partial charge is 0.490 e. The van der Waals surface area contributed by atoms with Gasteiger partial charge in [-0.25, -0.2) is 27.7 Å². The van der Waals surface area contributed by atoms with E-state index < -0.39 is 34.3 Å². The monoisotopic (exact) mass is 563 g/mol. The summed E-state index contributed by atoms with van der Waals surface area (Å²) in [6, 6.07) is 4.03. The molecule has 0 spiro atoms. The lowest BCUT2D eigenvalue weighted by Gasteiger charge is -2.19. The molecule has 3 rings (SSSR count). The number of hydrogen-bond acceptors (Lipinski definition) is 7. The third-order valence-corrected chi connectivity index (χ3v) is 5.11. The first-order valence-corrected chi connectivity index (χ1v) is 12.0. The molecule has 2 aromatic rings. The maximum atomic E-state index is 11.3. The van der Waals surface area contributed by atoms with Gasteiger partial charge >= 0.3 is 24.3 Å². The summed E-state index contributed by atoms with van der Waals surface area (Å²) in [5.74, 6) is -4.50. The van der Waals surface area contributed by atoms with Gasteiger partial charge in [0.25, 0.3) is 0 Å². The van der Waals surface area contributed by atoms with Crippen molar-refractivity contribution in [3.05, 3.63) is 47.8 Å². The number of aromatic nitrogens is 3. The number of hydrogen-bond donors (Lipinski definition) is 3. The van der Waals surface area contributed by atoms with Gasteiger partial charge in [0.1, 0.15) is 5.82 Å². The van der Waals surface area contributed by atoms with E-state index in [2.05, 4.69) is 30.2 Å². The van der Waals surface area contributed by atoms with Crippen LogP contribution in [0.25, 0.3) is 0 Å². The van der Waals surface area contributed by atoms with Crippen LogP contribution in [-0.2, 0) is 45.7 Å². The number of imidazole rings is 1. The maximum Gasteiger partial charge on any atom is 0.490 e. The van der Waals surface area contributed by atoms with Crippen LogP contribution in [0.3, 0.4) is 0 Å². The Bertz CT molecular complexity index is 1110. The minimum absolute atomic E-state index is 0.286. The lowest BCUT2D eigenvalue weighted by molar-refractivity contribution is -0.193. The van der Waals surface area contributed by atoms with Crippen LogP contribution in [0.4, 0.5) is 26.3 Å². The minimum Gasteiger partial charge on any atom is -0.475 e. The molecule has 11 nitrogen and oxygen atoms in total. The second-order valence-corrected chi connectivity index (χ2v) is 9.24. The lowest BCUT2D eigenvalue weighted by Crippen LogP contribution is -2.27. The van der Waals surface area contributed by atoms with Crippen molar-refractivity contribution in [2.24, 2.45) is 0 Å². The van der Waals surface area contributed by atoms with E-state index in [1.54, 1.807) is 12.4 Å². The lowest BCUT2D eigenvalue weighted by atomic mass is 10.2. The molecule has 208 valence electrons. The molecule has 0 unspecified atom stereocenters. The van der Waals surface area contributed by atoms with Crippen LogP contribution in [0.5, 0.6) is 0 Å². The molecule has 0 atom stereocenters. The van der Waals surface area contributed by atoms with E-state index in [0.29, 0.717) is 0 Å². The number of carbonyl (C=O) groups is 2. The summed E-state index contributed by atoms with van der Waals surface area (Å²) >= 11 is 0. The zero-order valence-corrected chi connectivity index (χ0v) is 19.9. The Labute approximate surface area is 206 Å². The van der Waals surface area contributed by atoms with Crippen LogP contribution < -0.4 is 4.72 Å². The van der Waals surface area contributed by atoms with Gasteiger partial charge in [-0.15, -0.1) is 0 Å². The number of rotatable bonds is 5. The van der Waals surface area contributed by atoms with Crippen LogP contribution in [-0.4, -0.2) is 81.7 Å². The zero-order valence-electron chi connectivity index (χ0n) is 19.1. The van der Waals surface area contributed by atoms with Gasteiger partial charge in [0, 0.05) is 51.2 Å². The Morgan fingerprint density at radius 2 is 1.59 bits per heavy atom. The van der Waals surface area contributed by atoms with Crippen molar-refractivity contribution in [3.8, 4) is 0 Å². The van der Waals surface area contributed by atoms with Crippen molar-refractivity contribution in [1.29, 1.82) is 0 Å². The predicted octanol–water partition coefficient (Wildman–Crippen LogP) is 1.65. The average molecular weight is 563 g/mol. The van der Waals surface area contributed by atoms with E-state index in [9.17, 15) is 34.8 Å². The summed E-state index contributed by atoms with van der Waals surface area (Å²) in [4.78, 5) is 28.8. The molecule has 0 bridgehead atoms. The highest BCUT2D eigenvalue weighted by atomic mass is 32.2. The van der Waals surface area contributed by atoms with Crippen molar-refractivity contribution < 1.29 is 54.6 Å². The summed E-state index contributed by atoms with van der Waals surface area (Å²) in [5, 5.41) is 14.2. The smallest absolute Gasteiger partial charge is 0.475 e. The van der Waals surface area contributed by atoms with Crippen molar-refractivity contribution in [1.82, 2.24) is 24.2 Å². The van der Waals surface area contributed by atoms with Gasteiger partial charge < -0.3 is 14.8 Å². The van der Waals surface area contributed by atoms with Gasteiger partial charge in [0.05, 0.1) is 18.5 Å². The Morgan fingerprint density at radius 3 is 2.05 bits per heavy atom. The molecule has 0 aromatic carbocycles. The molecule has 2 aromatic heterocycles. The molecule has 18 heteroatoms. The van der Waals surface area contributed by atoms with Gasteiger partial charge in [-0.3, -0.25) is 9.88 Å². The number of nitrogens with zero attached hydrogens (tertiary/aromatic N) is 4. The summed E-state index contributed by atoms with van der Waals surface area (Å²) in [7, 11) is -3.20. The van der Waals surface area contributed by atoms with E-state index in [1.807, 2.05) is 12.3 Å². The number of aliphatic carboxylic acids is 2. The fraction of sp³-hybridized carbons (Fsp3) is 0.474. The number of fused-ring (bicyclic) bond motifs is 1. The van der Waals surface area contributed by atoms with Crippen molar-refractivity contribution in [3.63, 3.8) is 0 Å². The molecule has 0 aliphatic carbocycles. The van der Waals surface area contributed by atoms with E-state index in [-0.39, 0.29) is 6.54 Å². The SMILES string of the molecule is CS(=O)(=O)NCc1cnc2n1CCN(Cc1cccnc1)CC2.O=C(O)C(F)(F)F.O=C(O)C(F)(F)F. The quantitative estimate of drug-likeness (QED) is 0.461. The Hall–Kier alpha value is -3.25. The molecule has 0 amide bonds. The van der Waals surface area contributed by atoms with E-state index in [0.717, 1.165) is 44.1 Å². The van der Waals surface area contributed by atoms with E-state index >= 15 is 0 Å². The number of nitrogens with one attached hydrogen (secondary N) is 1. The van der Waals surface area contributed by atoms with E-state index in [4.69, 9.17) is 19.8 Å². The number of carboxylic acid groups (broad SMARTS) is 2. The zero-order chi connectivity index (χ0) is 28.4. The Kier molecular flexibility index (Phi) is 11.5. The second-order valence-electron chi connectivity index (χ2n) is 7.40. The molecule has 3 heterocycles. The molecule has 0 radical (unpaired) electrons. The average Bonchev–Trinajstić information content (AvgIpc) is 3.05. The van der Waals surface area contributed by atoms with Gasteiger partial charge in [-0.1, -0.05) is 6.07 Å². The highest BCUT2D eigenvalue weighted by Crippen LogP contribution is 2.15. The minimum atomic E-state index is -5.08. The number of halogens is 6. The number of carboxylic acids is 2. The fourth-order valence-electron chi connectivity index (χ4n) is 2.79. The molecule has 0 fully saturated rings. The normalized spacial score (nSPS) is 14.2. The standard InChI is InChI=1S/C15H21N5O2S.2C2HF3O2/c1-23(21,22)18-11-14-10-17-15-4-6-19(7-8-20(14)15)12-13-3-2-5-16-9-13;2*3-2(4,5)1(6)7/h2-3,5,9-10,18H,4,6-8,11-12H2,1H3;2*(H,6,7). The van der Waals surface area contributed by atoms with Crippen molar-refractivity contribution in [2.75, 3.05) is 19.3 Å². The molecule has 0 saturated carbocycles. The summed E-state index contributed by atoms with van der Waals surface area (Å²) < 4.78 is 90.7. The summed E-state index contributed by atoms with van der Waals surface area (Å²) in [6.45, 7) is 3.81. The Balaban J connectivity index is 0.000000404. The highest BCUT2D eigenvalue weighted by molar-refractivity contribution is 7.88. The van der Waals surface area contributed by atoms with E-state index in [1.165, 1.54) is 11.8 Å². The fourth-order valence-corrected chi connectivity index (χ4v) is 3.20. The molecule has 1 aliphatic heterocycles. The van der Waals surface area contributed by atoms with Gasteiger partial charge in [-0.05, 0) is 11.6 Å². The number of alkyl halides is 6. The van der Waals surface area contributed by atoms with Crippen LogP contribution in [0.1, 0.15) is 17.1 Å². The molecule has 3 N–H and O–H groups in total. The van der Waals surface area contributed by atoms with Crippen molar-refractivity contribution >= 4 is 22.0 Å². The first-order chi connectivity index (χ1) is 16.9. The first-order valence-electron chi connectivity index (χ1n) is 10.1. The summed E-state index contributed by atoms with van der Waals surface area (Å²) in [5.41, 5.74) is 2.11. The van der Waals surface area contributed by atoms with Crippen LogP contribution >= 0.6 is 0 Å². The molecule has 1 aliphatic rings. The van der Waals surface area contributed by atoms with Crippen LogP contribution in [0.15, 0.2) is 30.7 Å².